The number of benzene rings is 5. The molecule has 2 heterocycles. The van der Waals surface area contributed by atoms with Crippen molar-refractivity contribution in [1.82, 2.24) is 0 Å². The molecule has 5 aromatic rings. The summed E-state index contributed by atoms with van der Waals surface area (Å²) in [6.45, 7) is 0. The zero-order valence-corrected chi connectivity index (χ0v) is 23.5. The van der Waals surface area contributed by atoms with E-state index in [1.807, 2.05) is 0 Å². The molecule has 2 aliphatic rings. The Morgan fingerprint density at radius 1 is 0.378 bits per heavy atom. The second kappa shape index (κ2) is 8.75. The molecule has 178 valence electrons. The van der Waals surface area contributed by atoms with Crippen molar-refractivity contribution in [2.24, 2.45) is 0 Å². The van der Waals surface area contributed by atoms with Crippen LogP contribution in [0.3, 0.4) is 0 Å². The molecule has 2 bridgehead atoms. The molecule has 0 saturated heterocycles. The van der Waals surface area contributed by atoms with Crippen LogP contribution < -0.4 is 0 Å². The summed E-state index contributed by atoms with van der Waals surface area (Å²) in [5.74, 6) is 5.28. The van der Waals surface area contributed by atoms with Crippen molar-refractivity contribution >= 4 is 13.3 Å². The zero-order chi connectivity index (χ0) is 25.0. The minimum atomic E-state index is -2.25. The maximum absolute atomic E-state index is 2.64. The Morgan fingerprint density at radius 3 is 0.946 bits per heavy atom. The molecule has 0 spiro atoms. The van der Waals surface area contributed by atoms with Crippen LogP contribution in [0.5, 0.6) is 0 Å². The van der Waals surface area contributed by atoms with Crippen LogP contribution >= 0.6 is 0 Å². The van der Waals surface area contributed by atoms with E-state index >= 15 is 0 Å². The molecule has 0 nitrogen and oxygen atoms in total. The van der Waals surface area contributed by atoms with Crippen LogP contribution in [0.1, 0.15) is 20.6 Å². The molecule has 2 atom stereocenters. The fourth-order valence-electron chi connectivity index (χ4n) is 6.88. The monoisotopic (exact) mass is 536 g/mol. The van der Waals surface area contributed by atoms with E-state index in [9.17, 15) is 0 Å². The van der Waals surface area contributed by atoms with Crippen molar-refractivity contribution in [3.63, 3.8) is 0 Å². The van der Waals surface area contributed by atoms with Gasteiger partial charge in [-0.2, -0.15) is 0 Å². The SMILES string of the molecule is [CH3][Ge]1([CH3])[CH]2C=C[CH]1c1c(-c3ccccc3)c(-c3ccccc3)c(-c3ccccc3)c(-c3ccccc3)c12. The molecule has 0 aliphatic carbocycles. The van der Waals surface area contributed by atoms with E-state index in [1.165, 1.54) is 44.5 Å². The molecule has 0 fully saturated rings. The van der Waals surface area contributed by atoms with E-state index < -0.39 is 13.3 Å². The summed E-state index contributed by atoms with van der Waals surface area (Å²) in [4.78, 5) is 0. The van der Waals surface area contributed by atoms with Crippen LogP contribution in [0.15, 0.2) is 133 Å². The Hall–Kier alpha value is -3.62. The third kappa shape index (κ3) is 3.43. The summed E-state index contributed by atoms with van der Waals surface area (Å²) < 4.78 is 1.15. The molecule has 0 N–H and O–H groups in total. The van der Waals surface area contributed by atoms with E-state index in [2.05, 4.69) is 145 Å². The summed E-state index contributed by atoms with van der Waals surface area (Å²) in [6, 6.07) is 44.5. The van der Waals surface area contributed by atoms with E-state index in [1.54, 1.807) is 11.1 Å². The fraction of sp³-hybridized carbons (Fsp3) is 0.111. The second-order valence-electron chi connectivity index (χ2n) is 11.0. The van der Waals surface area contributed by atoms with Crippen molar-refractivity contribution in [2.75, 3.05) is 0 Å². The van der Waals surface area contributed by atoms with Gasteiger partial charge in [-0.15, -0.1) is 0 Å². The van der Waals surface area contributed by atoms with Gasteiger partial charge in [0.05, 0.1) is 0 Å². The van der Waals surface area contributed by atoms with Gasteiger partial charge in [0.25, 0.3) is 0 Å². The number of hydrogen-bond donors (Lipinski definition) is 0. The third-order valence-electron chi connectivity index (χ3n) is 8.55. The Bertz CT molecular complexity index is 1490. The number of rotatable bonds is 4. The van der Waals surface area contributed by atoms with Gasteiger partial charge in [-0.1, -0.05) is 0 Å². The van der Waals surface area contributed by atoms with Gasteiger partial charge in [0.15, 0.2) is 0 Å². The molecule has 2 aliphatic heterocycles. The first-order chi connectivity index (χ1) is 18.2. The average molecular weight is 535 g/mol. The van der Waals surface area contributed by atoms with Crippen molar-refractivity contribution in [3.8, 4) is 44.5 Å². The van der Waals surface area contributed by atoms with Crippen LogP contribution in [0.2, 0.25) is 11.5 Å². The van der Waals surface area contributed by atoms with Gasteiger partial charge in [0.1, 0.15) is 0 Å². The van der Waals surface area contributed by atoms with E-state index in [-0.39, 0.29) is 0 Å². The molecule has 0 amide bonds. The van der Waals surface area contributed by atoms with E-state index in [0.717, 1.165) is 0 Å². The van der Waals surface area contributed by atoms with Crippen molar-refractivity contribution in [3.05, 3.63) is 145 Å². The van der Waals surface area contributed by atoms with Gasteiger partial charge in [-0.25, -0.2) is 0 Å². The molecule has 1 heteroatoms. The summed E-state index contributed by atoms with van der Waals surface area (Å²) in [7, 11) is 0. The quantitative estimate of drug-likeness (QED) is 0.159. The number of allylic oxidation sites excluding steroid dienone is 2. The predicted molar refractivity (Wildman–Crippen MR) is 160 cm³/mol. The molecular weight excluding hydrogens is 505 g/mol. The van der Waals surface area contributed by atoms with Crippen LogP contribution in [0.4, 0.5) is 0 Å². The van der Waals surface area contributed by atoms with E-state index in [4.69, 9.17) is 0 Å². The third-order valence-corrected chi connectivity index (χ3v) is 17.3. The zero-order valence-electron chi connectivity index (χ0n) is 21.4. The van der Waals surface area contributed by atoms with Gasteiger partial charge in [-0.05, 0) is 0 Å². The van der Waals surface area contributed by atoms with Crippen molar-refractivity contribution < 1.29 is 0 Å². The summed E-state index contributed by atoms with van der Waals surface area (Å²) in [5.41, 5.74) is 14.1. The Labute approximate surface area is 222 Å². The van der Waals surface area contributed by atoms with Gasteiger partial charge >= 0.3 is 223 Å². The Kier molecular flexibility index (Phi) is 5.34. The van der Waals surface area contributed by atoms with Crippen molar-refractivity contribution in [1.29, 1.82) is 0 Å². The standard InChI is InChI=1S/C36H30Ge/c1-37(2)29-23-24-30(37)36-34(28-21-13-6-14-22-28)32(26-17-9-4-10-18-26)31(25-15-7-3-8-16-25)33(35(29)36)27-19-11-5-12-20-27/h3-24,29-30H,1-2H3. The molecule has 5 aromatic carbocycles. The topological polar surface area (TPSA) is 0 Å². The first-order valence-electron chi connectivity index (χ1n) is 13.3. The molecule has 2 unspecified atom stereocenters. The minimum absolute atomic E-state index is 0.574. The Balaban J connectivity index is 1.74. The summed E-state index contributed by atoms with van der Waals surface area (Å²) >= 11 is -2.25. The average Bonchev–Trinajstić information content (AvgIpc) is 3.38. The first-order valence-corrected chi connectivity index (χ1v) is 19.9. The van der Waals surface area contributed by atoms with Gasteiger partial charge in [0.2, 0.25) is 0 Å². The predicted octanol–water partition coefficient (Wildman–Crippen LogP) is 9.89. The number of hydrogen-bond acceptors (Lipinski definition) is 0. The van der Waals surface area contributed by atoms with Crippen LogP contribution in [-0.2, 0) is 0 Å². The fourth-order valence-corrected chi connectivity index (χ4v) is 14.6. The molecule has 7 rings (SSSR count). The maximum atomic E-state index is 2.64. The summed E-state index contributed by atoms with van der Waals surface area (Å²) in [6.07, 6.45) is 5.12. The van der Waals surface area contributed by atoms with Gasteiger partial charge < -0.3 is 0 Å². The second-order valence-corrected chi connectivity index (χ2v) is 21.2. The summed E-state index contributed by atoms with van der Waals surface area (Å²) in [5, 5.41) is 0. The van der Waals surface area contributed by atoms with E-state index in [0.29, 0.717) is 9.50 Å². The van der Waals surface area contributed by atoms with Gasteiger partial charge in [-0.3, -0.25) is 0 Å². The van der Waals surface area contributed by atoms with Crippen LogP contribution in [0.25, 0.3) is 44.5 Å². The molecule has 0 saturated carbocycles. The normalized spacial score (nSPS) is 18.6. The molecule has 0 radical (unpaired) electrons. The first kappa shape index (κ1) is 22.6. The Morgan fingerprint density at radius 2 is 0.649 bits per heavy atom. The molecular formula is C36H30Ge. The molecule has 37 heavy (non-hydrogen) atoms. The number of fused-ring (bicyclic) bond motifs is 5. The van der Waals surface area contributed by atoms with Crippen LogP contribution in [-0.4, -0.2) is 13.3 Å². The van der Waals surface area contributed by atoms with Crippen molar-refractivity contribution in [2.45, 2.75) is 21.0 Å². The molecule has 0 aromatic heterocycles. The van der Waals surface area contributed by atoms with Crippen LogP contribution in [0, 0.1) is 0 Å². The van der Waals surface area contributed by atoms with Gasteiger partial charge in [0, 0.05) is 0 Å².